The Morgan fingerprint density at radius 3 is 2.21 bits per heavy atom. The van der Waals surface area contributed by atoms with Crippen LogP contribution in [0.3, 0.4) is 0 Å². The van der Waals surface area contributed by atoms with Crippen LogP contribution in [0.4, 0.5) is 10.5 Å². The van der Waals surface area contributed by atoms with Gasteiger partial charge in [0.15, 0.2) is 0 Å². The molecule has 2 rings (SSSR count). The third-order valence-corrected chi connectivity index (χ3v) is 5.24. The minimum Gasteiger partial charge on any atom is -0.394 e. The Bertz CT molecular complexity index is 944. The van der Waals surface area contributed by atoms with Gasteiger partial charge in [0.1, 0.15) is 6.10 Å². The molecule has 4 N–H and O–H groups in total. The highest BCUT2D eigenvalue weighted by Crippen LogP contribution is 2.20. The van der Waals surface area contributed by atoms with E-state index in [1.54, 1.807) is 23.8 Å². The maximum atomic E-state index is 12.2. The van der Waals surface area contributed by atoms with E-state index in [2.05, 4.69) is 5.32 Å². The van der Waals surface area contributed by atoms with E-state index >= 15 is 0 Å². The van der Waals surface area contributed by atoms with Crippen LogP contribution in [-0.4, -0.2) is 42.2 Å². The number of aryl methyl sites for hydroxylation is 1. The first-order valence-corrected chi connectivity index (χ1v) is 9.55. The molecule has 0 fully saturated rings. The van der Waals surface area contributed by atoms with Crippen LogP contribution < -0.4 is 10.0 Å². The van der Waals surface area contributed by atoms with Gasteiger partial charge in [0.25, 0.3) is 15.7 Å². The highest BCUT2D eigenvalue weighted by Gasteiger charge is 2.25. The molecule has 0 aromatic heterocycles. The van der Waals surface area contributed by atoms with Crippen molar-refractivity contribution < 1.29 is 28.3 Å². The van der Waals surface area contributed by atoms with Gasteiger partial charge in [-0.2, -0.15) is 0 Å². The number of nitrogens with zero attached hydrogens (tertiary/aromatic N) is 1. The van der Waals surface area contributed by atoms with Gasteiger partial charge in [-0.3, -0.25) is 10.1 Å². The lowest BCUT2D eigenvalue weighted by molar-refractivity contribution is -0.384. The van der Waals surface area contributed by atoms with Crippen LogP contribution in [0, 0.1) is 17.0 Å². The second kappa shape index (κ2) is 8.78. The maximum absolute atomic E-state index is 12.2. The Hall–Kier alpha value is -3.02. The topological polar surface area (TPSA) is 159 Å². The number of carbonyl (C=O) groups excluding carboxylic acids is 1. The lowest BCUT2D eigenvalue weighted by Crippen LogP contribution is -2.48. The molecule has 0 spiro atoms. The zero-order valence-corrected chi connectivity index (χ0v) is 15.6. The van der Waals surface area contributed by atoms with Gasteiger partial charge < -0.3 is 15.5 Å². The second-order valence-corrected chi connectivity index (χ2v) is 7.66. The van der Waals surface area contributed by atoms with Crippen molar-refractivity contribution in [2.75, 3.05) is 6.61 Å². The second-order valence-electron chi connectivity index (χ2n) is 5.97. The summed E-state index contributed by atoms with van der Waals surface area (Å²) < 4.78 is 26.2. The number of nitrogens with one attached hydrogen (secondary N) is 2. The molecule has 0 radical (unpaired) electrons. The van der Waals surface area contributed by atoms with Crippen LogP contribution in [0.25, 0.3) is 0 Å². The van der Waals surface area contributed by atoms with Crippen molar-refractivity contribution in [1.82, 2.24) is 10.0 Å². The average Bonchev–Trinajstić information content (AvgIpc) is 2.65. The number of hydrogen-bond donors (Lipinski definition) is 4. The normalized spacial score (nSPS) is 13.4. The molecule has 0 aliphatic rings. The maximum Gasteiger partial charge on any atom is 0.329 e. The molecule has 150 valence electrons. The number of benzene rings is 2. The van der Waals surface area contributed by atoms with E-state index < -0.39 is 39.7 Å². The van der Waals surface area contributed by atoms with E-state index in [9.17, 15) is 33.5 Å². The van der Waals surface area contributed by atoms with Gasteiger partial charge in [-0.15, -0.1) is 0 Å². The molecule has 2 aromatic carbocycles. The number of rotatable bonds is 7. The van der Waals surface area contributed by atoms with Crippen molar-refractivity contribution in [3.05, 3.63) is 69.8 Å². The van der Waals surface area contributed by atoms with Crippen LogP contribution in [-0.2, 0) is 10.0 Å². The van der Waals surface area contributed by atoms with Gasteiger partial charge in [-0.05, 0) is 36.8 Å². The van der Waals surface area contributed by atoms with Crippen LogP contribution in [0.5, 0.6) is 0 Å². The number of aliphatic hydroxyl groups is 2. The molecule has 0 heterocycles. The average molecular weight is 409 g/mol. The van der Waals surface area contributed by atoms with Crippen molar-refractivity contribution in [2.45, 2.75) is 24.0 Å². The van der Waals surface area contributed by atoms with Gasteiger partial charge in [0.2, 0.25) is 0 Å². The van der Waals surface area contributed by atoms with E-state index in [1.807, 2.05) is 0 Å². The Morgan fingerprint density at radius 2 is 1.71 bits per heavy atom. The van der Waals surface area contributed by atoms with Crippen LogP contribution >= 0.6 is 0 Å². The highest BCUT2D eigenvalue weighted by atomic mass is 32.2. The SMILES string of the molecule is Cc1ccc(S(=O)(=O)NC(=O)N[C@@H](CO)[C@@H](O)c2ccc([N+](=O)[O-])cc2)cc1. The van der Waals surface area contributed by atoms with Crippen LogP contribution in [0.1, 0.15) is 17.2 Å². The summed E-state index contributed by atoms with van der Waals surface area (Å²) in [6, 6.07) is 8.30. The first kappa shape index (κ1) is 21.3. The van der Waals surface area contributed by atoms with E-state index in [0.717, 1.165) is 17.7 Å². The molecule has 11 heteroatoms. The molecule has 0 aliphatic carbocycles. The van der Waals surface area contributed by atoms with Gasteiger partial charge in [0.05, 0.1) is 22.5 Å². The number of nitro benzene ring substituents is 1. The number of aliphatic hydroxyl groups excluding tert-OH is 2. The fourth-order valence-corrected chi connectivity index (χ4v) is 3.26. The van der Waals surface area contributed by atoms with Crippen molar-refractivity contribution in [2.24, 2.45) is 0 Å². The molecule has 0 saturated carbocycles. The first-order chi connectivity index (χ1) is 13.1. The summed E-state index contributed by atoms with van der Waals surface area (Å²) in [7, 11) is -4.14. The van der Waals surface area contributed by atoms with Gasteiger partial charge >= 0.3 is 6.03 Å². The summed E-state index contributed by atoms with van der Waals surface area (Å²) in [5, 5.41) is 32.6. The van der Waals surface area contributed by atoms with Crippen molar-refractivity contribution in [1.29, 1.82) is 0 Å². The van der Waals surface area contributed by atoms with Crippen LogP contribution in [0.2, 0.25) is 0 Å². The summed E-state index contributed by atoms with van der Waals surface area (Å²) >= 11 is 0. The smallest absolute Gasteiger partial charge is 0.329 e. The summed E-state index contributed by atoms with van der Waals surface area (Å²) in [6.07, 6.45) is -1.42. The van der Waals surface area contributed by atoms with Crippen LogP contribution in [0.15, 0.2) is 53.4 Å². The molecule has 0 bridgehead atoms. The number of amides is 2. The lowest BCUT2D eigenvalue weighted by atomic mass is 10.0. The highest BCUT2D eigenvalue weighted by molar-refractivity contribution is 7.90. The predicted molar refractivity (Wildman–Crippen MR) is 99.0 cm³/mol. The standard InChI is InChI=1S/C17H19N3O7S/c1-11-2-8-14(9-3-11)28(26,27)19-17(23)18-15(10-21)16(22)12-4-6-13(7-5-12)20(24)25/h2-9,15-16,21-22H,10H2,1H3,(H2,18,19,23)/t15-,16-/m0/s1. The molecular formula is C17H19N3O7S. The Morgan fingerprint density at radius 1 is 1.14 bits per heavy atom. The molecule has 2 amide bonds. The monoisotopic (exact) mass is 409 g/mol. The number of hydrogen-bond acceptors (Lipinski definition) is 7. The Labute approximate surface area is 161 Å². The Kier molecular flexibility index (Phi) is 6.67. The van der Waals surface area contributed by atoms with Gasteiger partial charge in [-0.1, -0.05) is 17.7 Å². The predicted octanol–water partition coefficient (Wildman–Crippen LogP) is 0.986. The molecule has 0 unspecified atom stereocenters. The zero-order chi connectivity index (χ0) is 20.9. The Balaban J connectivity index is 2.07. The van der Waals surface area contributed by atoms with E-state index in [-0.39, 0.29) is 16.1 Å². The fraction of sp³-hybridized carbons (Fsp3) is 0.235. The fourth-order valence-electron chi connectivity index (χ4n) is 2.35. The summed E-state index contributed by atoms with van der Waals surface area (Å²) in [5.41, 5.74) is 0.854. The van der Waals surface area contributed by atoms with Gasteiger partial charge in [-0.25, -0.2) is 17.9 Å². The third kappa shape index (κ3) is 5.25. The number of non-ortho nitro benzene ring substituents is 1. The lowest BCUT2D eigenvalue weighted by Gasteiger charge is -2.22. The quantitative estimate of drug-likeness (QED) is 0.392. The molecular weight excluding hydrogens is 390 g/mol. The summed E-state index contributed by atoms with van der Waals surface area (Å²) in [4.78, 5) is 22.0. The molecule has 2 aromatic rings. The molecule has 10 nitrogen and oxygen atoms in total. The minimum absolute atomic E-state index is 0.121. The number of urea groups is 1. The number of sulfonamides is 1. The number of nitro groups is 1. The van der Waals surface area contributed by atoms with E-state index in [1.165, 1.54) is 24.3 Å². The summed E-state index contributed by atoms with van der Waals surface area (Å²) in [6.45, 7) is 1.08. The zero-order valence-electron chi connectivity index (χ0n) is 14.8. The molecule has 0 aliphatic heterocycles. The number of carbonyl (C=O) groups is 1. The van der Waals surface area contributed by atoms with Crippen molar-refractivity contribution in [3.8, 4) is 0 Å². The third-order valence-electron chi connectivity index (χ3n) is 3.90. The molecule has 28 heavy (non-hydrogen) atoms. The summed E-state index contributed by atoms with van der Waals surface area (Å²) in [5.74, 6) is 0. The molecule has 0 saturated heterocycles. The minimum atomic E-state index is -4.14. The van der Waals surface area contributed by atoms with Crippen molar-refractivity contribution in [3.63, 3.8) is 0 Å². The van der Waals surface area contributed by atoms with E-state index in [0.29, 0.717) is 0 Å². The van der Waals surface area contributed by atoms with Crippen molar-refractivity contribution >= 4 is 21.7 Å². The largest absolute Gasteiger partial charge is 0.394 e. The molecule has 2 atom stereocenters. The first-order valence-electron chi connectivity index (χ1n) is 8.07. The van der Waals surface area contributed by atoms with Gasteiger partial charge in [0, 0.05) is 12.1 Å². The van der Waals surface area contributed by atoms with E-state index in [4.69, 9.17) is 0 Å².